The van der Waals surface area contributed by atoms with Gasteiger partial charge in [0.25, 0.3) is 0 Å². The van der Waals surface area contributed by atoms with Gasteiger partial charge in [0.1, 0.15) is 0 Å². The number of nitrogens with two attached hydrogens (primary N) is 1. The normalized spacial score (nSPS) is 31.3. The monoisotopic (exact) mass is 225 g/mol. The second kappa shape index (κ2) is 5.03. The van der Waals surface area contributed by atoms with Gasteiger partial charge in [-0.05, 0) is 51.7 Å². The molecule has 0 amide bonds. The molecule has 2 N–H and O–H groups in total. The number of hydrogen-bond donors (Lipinski definition) is 1. The van der Waals surface area contributed by atoms with E-state index in [1.165, 1.54) is 51.9 Å². The van der Waals surface area contributed by atoms with Crippen molar-refractivity contribution in [2.24, 2.45) is 11.1 Å². The van der Waals surface area contributed by atoms with E-state index >= 15 is 0 Å². The van der Waals surface area contributed by atoms with Gasteiger partial charge in [0, 0.05) is 25.7 Å². The van der Waals surface area contributed by atoms with Gasteiger partial charge in [0.05, 0.1) is 0 Å². The van der Waals surface area contributed by atoms with Crippen molar-refractivity contribution in [3.63, 3.8) is 0 Å². The Hall–Kier alpha value is -0.120. The van der Waals surface area contributed by atoms with E-state index in [9.17, 15) is 0 Å². The van der Waals surface area contributed by atoms with Gasteiger partial charge < -0.3 is 10.6 Å². The molecule has 16 heavy (non-hydrogen) atoms. The highest BCUT2D eigenvalue weighted by molar-refractivity contribution is 4.90. The Bertz CT molecular complexity index is 220. The molecule has 94 valence electrons. The van der Waals surface area contributed by atoms with Gasteiger partial charge in [0.2, 0.25) is 0 Å². The average molecular weight is 225 g/mol. The zero-order valence-corrected chi connectivity index (χ0v) is 10.9. The minimum Gasteiger partial charge on any atom is -0.330 e. The summed E-state index contributed by atoms with van der Waals surface area (Å²) in [5.74, 6) is 0. The molecule has 1 atom stereocenters. The van der Waals surface area contributed by atoms with Crippen molar-refractivity contribution in [2.75, 3.05) is 39.8 Å². The summed E-state index contributed by atoms with van der Waals surface area (Å²) in [4.78, 5) is 5.08. The van der Waals surface area contributed by atoms with E-state index < -0.39 is 0 Å². The van der Waals surface area contributed by atoms with Crippen molar-refractivity contribution in [1.82, 2.24) is 9.80 Å². The minimum absolute atomic E-state index is 0.517. The van der Waals surface area contributed by atoms with E-state index in [-0.39, 0.29) is 0 Å². The third kappa shape index (κ3) is 2.58. The van der Waals surface area contributed by atoms with Crippen LogP contribution in [-0.2, 0) is 0 Å². The Balaban J connectivity index is 1.77. The molecule has 1 saturated carbocycles. The maximum atomic E-state index is 5.91. The lowest BCUT2D eigenvalue weighted by Crippen LogP contribution is -2.52. The Kier molecular flexibility index (Phi) is 3.88. The van der Waals surface area contributed by atoms with E-state index in [2.05, 4.69) is 23.8 Å². The van der Waals surface area contributed by atoms with Crippen LogP contribution < -0.4 is 5.73 Å². The van der Waals surface area contributed by atoms with Crippen LogP contribution in [0.1, 0.15) is 32.6 Å². The zero-order chi connectivity index (χ0) is 11.6. The summed E-state index contributed by atoms with van der Waals surface area (Å²) in [6, 6.07) is 0.716. The predicted octanol–water partition coefficient (Wildman–Crippen LogP) is 1.14. The second-order valence-corrected chi connectivity index (χ2v) is 5.95. The van der Waals surface area contributed by atoms with Gasteiger partial charge in [-0.25, -0.2) is 0 Å². The molecule has 0 radical (unpaired) electrons. The van der Waals surface area contributed by atoms with Crippen molar-refractivity contribution in [2.45, 2.75) is 38.6 Å². The van der Waals surface area contributed by atoms with Gasteiger partial charge in [-0.1, -0.05) is 6.42 Å². The van der Waals surface area contributed by atoms with Crippen LogP contribution in [0.3, 0.4) is 0 Å². The molecule has 0 bridgehead atoms. The van der Waals surface area contributed by atoms with Crippen LogP contribution in [0.25, 0.3) is 0 Å². The number of nitrogens with zero attached hydrogens (tertiary/aromatic N) is 2. The van der Waals surface area contributed by atoms with Gasteiger partial charge >= 0.3 is 0 Å². The van der Waals surface area contributed by atoms with E-state index in [0.717, 1.165) is 6.54 Å². The summed E-state index contributed by atoms with van der Waals surface area (Å²) in [7, 11) is 2.22. The summed E-state index contributed by atoms with van der Waals surface area (Å²) in [6.45, 7) is 8.18. The lowest BCUT2D eigenvalue weighted by Gasteiger charge is -2.44. The summed E-state index contributed by atoms with van der Waals surface area (Å²) in [5, 5.41) is 0. The Morgan fingerprint density at radius 3 is 2.56 bits per heavy atom. The number of likely N-dealkylation sites (N-methyl/N-ethyl adjacent to an activating group) is 1. The second-order valence-electron chi connectivity index (χ2n) is 5.95. The molecule has 0 aromatic rings. The van der Waals surface area contributed by atoms with Gasteiger partial charge in [0.15, 0.2) is 0 Å². The highest BCUT2D eigenvalue weighted by Crippen LogP contribution is 2.43. The quantitative estimate of drug-likeness (QED) is 0.779. The van der Waals surface area contributed by atoms with Crippen molar-refractivity contribution in [3.05, 3.63) is 0 Å². The Morgan fingerprint density at radius 1 is 1.31 bits per heavy atom. The maximum absolute atomic E-state index is 5.91. The average Bonchev–Trinajstić information content (AvgIpc) is 2.19. The van der Waals surface area contributed by atoms with Crippen LogP contribution >= 0.6 is 0 Å². The van der Waals surface area contributed by atoms with E-state index in [1.54, 1.807) is 0 Å². The Labute approximate surface area is 100.0 Å². The fraction of sp³-hybridized carbons (Fsp3) is 1.00. The van der Waals surface area contributed by atoms with Gasteiger partial charge in [-0.2, -0.15) is 0 Å². The lowest BCUT2D eigenvalue weighted by molar-refractivity contribution is 0.0597. The van der Waals surface area contributed by atoms with Crippen LogP contribution in [0.2, 0.25) is 0 Å². The molecular weight excluding hydrogens is 198 g/mol. The highest BCUT2D eigenvalue weighted by atomic mass is 15.3. The molecule has 2 rings (SSSR count). The molecule has 0 spiro atoms. The molecule has 2 aliphatic rings. The molecule has 2 fully saturated rings. The van der Waals surface area contributed by atoms with E-state index in [4.69, 9.17) is 5.73 Å². The molecule has 1 aliphatic heterocycles. The third-order valence-corrected chi connectivity index (χ3v) is 4.74. The van der Waals surface area contributed by atoms with E-state index in [0.29, 0.717) is 11.5 Å². The molecule has 3 nitrogen and oxygen atoms in total. The first-order chi connectivity index (χ1) is 7.65. The van der Waals surface area contributed by atoms with Crippen LogP contribution in [-0.4, -0.2) is 55.6 Å². The van der Waals surface area contributed by atoms with Crippen LogP contribution in [0.15, 0.2) is 0 Å². The van der Waals surface area contributed by atoms with Gasteiger partial charge in [-0.3, -0.25) is 4.90 Å². The molecule has 1 heterocycles. The topological polar surface area (TPSA) is 32.5 Å². The molecule has 1 saturated heterocycles. The van der Waals surface area contributed by atoms with Crippen molar-refractivity contribution < 1.29 is 0 Å². The summed E-state index contributed by atoms with van der Waals surface area (Å²) >= 11 is 0. The van der Waals surface area contributed by atoms with Crippen molar-refractivity contribution in [1.29, 1.82) is 0 Å². The SMILES string of the molecule is CC1CN(C)CCN1CCC1(CN)CCC1. The maximum Gasteiger partial charge on any atom is 0.0195 e. The first kappa shape index (κ1) is 12.3. The number of piperazine rings is 1. The smallest absolute Gasteiger partial charge is 0.0195 e. The van der Waals surface area contributed by atoms with Crippen LogP contribution in [0.5, 0.6) is 0 Å². The molecule has 1 aliphatic carbocycles. The zero-order valence-electron chi connectivity index (χ0n) is 10.9. The highest BCUT2D eigenvalue weighted by Gasteiger charge is 2.36. The van der Waals surface area contributed by atoms with Crippen LogP contribution in [0.4, 0.5) is 0 Å². The van der Waals surface area contributed by atoms with Crippen molar-refractivity contribution in [3.8, 4) is 0 Å². The van der Waals surface area contributed by atoms with E-state index in [1.807, 2.05) is 0 Å². The minimum atomic E-state index is 0.517. The van der Waals surface area contributed by atoms with Gasteiger partial charge in [-0.15, -0.1) is 0 Å². The first-order valence-corrected chi connectivity index (χ1v) is 6.78. The Morgan fingerprint density at radius 2 is 2.06 bits per heavy atom. The summed E-state index contributed by atoms with van der Waals surface area (Å²) in [6.07, 6.45) is 5.45. The van der Waals surface area contributed by atoms with Crippen molar-refractivity contribution >= 4 is 0 Å². The molecule has 0 aromatic heterocycles. The number of rotatable bonds is 4. The predicted molar refractivity (Wildman–Crippen MR) is 68.5 cm³/mol. The summed E-state index contributed by atoms with van der Waals surface area (Å²) in [5.41, 5.74) is 6.43. The number of hydrogen-bond acceptors (Lipinski definition) is 3. The fourth-order valence-electron chi connectivity index (χ4n) is 3.12. The molecular formula is C13H27N3. The lowest BCUT2D eigenvalue weighted by atomic mass is 9.66. The molecule has 1 unspecified atom stereocenters. The molecule has 3 heteroatoms. The van der Waals surface area contributed by atoms with Crippen LogP contribution in [0, 0.1) is 5.41 Å². The largest absolute Gasteiger partial charge is 0.330 e. The standard InChI is InChI=1S/C13H27N3/c1-12-10-15(2)8-9-16(12)7-6-13(11-14)4-3-5-13/h12H,3-11,14H2,1-2H3. The summed E-state index contributed by atoms with van der Waals surface area (Å²) < 4.78 is 0. The fourth-order valence-corrected chi connectivity index (χ4v) is 3.12. The molecule has 0 aromatic carbocycles. The first-order valence-electron chi connectivity index (χ1n) is 6.78. The third-order valence-electron chi connectivity index (χ3n) is 4.74.